The van der Waals surface area contributed by atoms with Crippen molar-refractivity contribution in [3.63, 3.8) is 0 Å². The van der Waals surface area contributed by atoms with Crippen LogP contribution in [0.1, 0.15) is 32.3 Å². The molecule has 0 aliphatic carbocycles. The molecule has 0 heterocycles. The molecule has 0 aliphatic rings. The van der Waals surface area contributed by atoms with Gasteiger partial charge in [-0.1, -0.05) is 26.0 Å². The maximum atomic E-state index is 12.3. The maximum absolute atomic E-state index is 12.3. The zero-order valence-electron chi connectivity index (χ0n) is 13.6. The van der Waals surface area contributed by atoms with Gasteiger partial charge in [0, 0.05) is 20.0 Å². The largest absolute Gasteiger partial charge is 0.497 e. The van der Waals surface area contributed by atoms with Gasteiger partial charge in [-0.3, -0.25) is 4.79 Å². The van der Waals surface area contributed by atoms with E-state index in [0.29, 0.717) is 25.4 Å². The first-order valence-corrected chi connectivity index (χ1v) is 7.53. The number of nitrogens with two attached hydrogens (primary N) is 1. The van der Waals surface area contributed by atoms with E-state index in [1.807, 2.05) is 31.3 Å². The second-order valence-electron chi connectivity index (χ2n) is 6.04. The molecule has 0 radical (unpaired) electrons. The lowest BCUT2D eigenvalue weighted by Crippen LogP contribution is -2.30. The van der Waals surface area contributed by atoms with Crippen molar-refractivity contribution in [2.45, 2.75) is 33.2 Å². The Kier molecular flexibility index (Phi) is 7.23. The van der Waals surface area contributed by atoms with Crippen LogP contribution in [0.15, 0.2) is 24.3 Å². The van der Waals surface area contributed by atoms with Crippen LogP contribution in [0.4, 0.5) is 0 Å². The highest BCUT2D eigenvalue weighted by atomic mass is 16.5. The van der Waals surface area contributed by atoms with Crippen LogP contribution in [0, 0.1) is 11.8 Å². The maximum Gasteiger partial charge on any atom is 0.222 e. The van der Waals surface area contributed by atoms with E-state index in [0.717, 1.165) is 17.7 Å². The van der Waals surface area contributed by atoms with Gasteiger partial charge in [0.1, 0.15) is 5.75 Å². The lowest BCUT2D eigenvalue weighted by atomic mass is 9.94. The standard InChI is InChI=1S/C17H28N2O2/c1-13(2)8-15(11-18)10-17(20)19(3)12-14-6-5-7-16(9-14)21-4/h5-7,9,13,15H,8,10-12,18H2,1-4H3/t15-/m0/s1. The Bertz CT molecular complexity index is 446. The number of nitrogens with zero attached hydrogens (tertiary/aromatic N) is 1. The Labute approximate surface area is 128 Å². The summed E-state index contributed by atoms with van der Waals surface area (Å²) in [4.78, 5) is 14.1. The minimum Gasteiger partial charge on any atom is -0.497 e. The van der Waals surface area contributed by atoms with Crippen LogP contribution in [0.2, 0.25) is 0 Å². The van der Waals surface area contributed by atoms with Crippen LogP contribution in [0.3, 0.4) is 0 Å². The van der Waals surface area contributed by atoms with E-state index < -0.39 is 0 Å². The van der Waals surface area contributed by atoms with Crippen molar-refractivity contribution in [1.82, 2.24) is 4.90 Å². The lowest BCUT2D eigenvalue weighted by molar-refractivity contribution is -0.131. The number of ether oxygens (including phenoxy) is 1. The van der Waals surface area contributed by atoms with Gasteiger partial charge in [0.15, 0.2) is 0 Å². The van der Waals surface area contributed by atoms with Crippen molar-refractivity contribution < 1.29 is 9.53 Å². The zero-order chi connectivity index (χ0) is 15.8. The average molecular weight is 292 g/mol. The fourth-order valence-electron chi connectivity index (χ4n) is 2.47. The first kappa shape index (κ1) is 17.5. The molecule has 118 valence electrons. The van der Waals surface area contributed by atoms with Crippen LogP contribution in [0.5, 0.6) is 5.75 Å². The summed E-state index contributed by atoms with van der Waals surface area (Å²) in [5.41, 5.74) is 6.84. The third-order valence-electron chi connectivity index (χ3n) is 3.58. The fraction of sp³-hybridized carbons (Fsp3) is 0.588. The highest BCUT2D eigenvalue weighted by Gasteiger charge is 2.17. The summed E-state index contributed by atoms with van der Waals surface area (Å²) in [5, 5.41) is 0. The number of amides is 1. The molecular formula is C17H28N2O2. The summed E-state index contributed by atoms with van der Waals surface area (Å²) in [6.45, 7) is 5.48. The Morgan fingerprint density at radius 2 is 2.10 bits per heavy atom. The Morgan fingerprint density at radius 1 is 1.38 bits per heavy atom. The van der Waals surface area contributed by atoms with Gasteiger partial charge in [-0.25, -0.2) is 0 Å². The predicted molar refractivity (Wildman–Crippen MR) is 86.1 cm³/mol. The van der Waals surface area contributed by atoms with E-state index in [9.17, 15) is 4.79 Å². The monoisotopic (exact) mass is 292 g/mol. The molecule has 1 aromatic rings. The van der Waals surface area contributed by atoms with E-state index in [4.69, 9.17) is 10.5 Å². The summed E-state index contributed by atoms with van der Waals surface area (Å²) >= 11 is 0. The molecule has 0 aromatic heterocycles. The number of rotatable bonds is 8. The minimum absolute atomic E-state index is 0.147. The first-order valence-electron chi connectivity index (χ1n) is 7.53. The molecule has 0 unspecified atom stereocenters. The number of hydrogen-bond donors (Lipinski definition) is 1. The van der Waals surface area contributed by atoms with Crippen molar-refractivity contribution in [3.05, 3.63) is 29.8 Å². The van der Waals surface area contributed by atoms with Gasteiger partial charge in [0.25, 0.3) is 0 Å². The van der Waals surface area contributed by atoms with Crippen LogP contribution in [-0.2, 0) is 11.3 Å². The third-order valence-corrected chi connectivity index (χ3v) is 3.58. The smallest absolute Gasteiger partial charge is 0.222 e. The second-order valence-corrected chi connectivity index (χ2v) is 6.04. The highest BCUT2D eigenvalue weighted by Crippen LogP contribution is 2.17. The number of carbonyl (C=O) groups is 1. The van der Waals surface area contributed by atoms with Crippen molar-refractivity contribution in [1.29, 1.82) is 0 Å². The van der Waals surface area contributed by atoms with Crippen molar-refractivity contribution in [3.8, 4) is 5.75 Å². The number of benzene rings is 1. The summed E-state index contributed by atoms with van der Waals surface area (Å²) in [5.74, 6) is 1.79. The van der Waals surface area contributed by atoms with E-state index in [-0.39, 0.29) is 11.8 Å². The van der Waals surface area contributed by atoms with Crippen molar-refractivity contribution in [2.24, 2.45) is 17.6 Å². The normalized spacial score (nSPS) is 12.3. The molecule has 1 aromatic carbocycles. The predicted octanol–water partition coefficient (Wildman–Crippen LogP) is 2.66. The molecule has 2 N–H and O–H groups in total. The molecular weight excluding hydrogens is 264 g/mol. The van der Waals surface area contributed by atoms with Crippen molar-refractivity contribution >= 4 is 5.91 Å². The Hall–Kier alpha value is -1.55. The third kappa shape index (κ3) is 6.17. The lowest BCUT2D eigenvalue weighted by Gasteiger charge is -2.22. The molecule has 1 atom stereocenters. The second kappa shape index (κ2) is 8.67. The fourth-order valence-corrected chi connectivity index (χ4v) is 2.47. The molecule has 1 rings (SSSR count). The van der Waals surface area contributed by atoms with Gasteiger partial charge in [-0.2, -0.15) is 0 Å². The van der Waals surface area contributed by atoms with E-state index in [1.54, 1.807) is 12.0 Å². The SMILES string of the molecule is COc1cccc(CN(C)C(=O)C[C@@H](CN)CC(C)C)c1. The van der Waals surface area contributed by atoms with Gasteiger partial charge >= 0.3 is 0 Å². The number of hydrogen-bond acceptors (Lipinski definition) is 3. The molecule has 21 heavy (non-hydrogen) atoms. The minimum atomic E-state index is 0.147. The van der Waals surface area contributed by atoms with Gasteiger partial charge < -0.3 is 15.4 Å². The van der Waals surface area contributed by atoms with Crippen molar-refractivity contribution in [2.75, 3.05) is 20.7 Å². The Morgan fingerprint density at radius 3 is 2.67 bits per heavy atom. The quantitative estimate of drug-likeness (QED) is 0.801. The van der Waals surface area contributed by atoms with Gasteiger partial charge in [-0.05, 0) is 42.5 Å². The molecule has 0 aliphatic heterocycles. The van der Waals surface area contributed by atoms with E-state index >= 15 is 0 Å². The van der Waals surface area contributed by atoms with E-state index in [1.165, 1.54) is 0 Å². The summed E-state index contributed by atoms with van der Waals surface area (Å²) in [6, 6.07) is 7.80. The van der Waals surface area contributed by atoms with Crippen LogP contribution < -0.4 is 10.5 Å². The molecule has 0 fully saturated rings. The molecule has 0 saturated heterocycles. The van der Waals surface area contributed by atoms with Gasteiger partial charge in [0.2, 0.25) is 5.91 Å². The van der Waals surface area contributed by atoms with Gasteiger partial charge in [0.05, 0.1) is 7.11 Å². The molecule has 0 bridgehead atoms. The van der Waals surface area contributed by atoms with Crippen LogP contribution in [0.25, 0.3) is 0 Å². The summed E-state index contributed by atoms with van der Waals surface area (Å²) in [7, 11) is 3.48. The molecule has 4 nitrogen and oxygen atoms in total. The Balaban J connectivity index is 2.57. The summed E-state index contributed by atoms with van der Waals surface area (Å²) in [6.07, 6.45) is 1.52. The zero-order valence-corrected chi connectivity index (χ0v) is 13.6. The molecule has 0 spiro atoms. The van der Waals surface area contributed by atoms with Crippen LogP contribution in [-0.4, -0.2) is 31.5 Å². The van der Waals surface area contributed by atoms with E-state index in [2.05, 4.69) is 13.8 Å². The molecule has 0 saturated carbocycles. The van der Waals surface area contributed by atoms with Gasteiger partial charge in [-0.15, -0.1) is 0 Å². The topological polar surface area (TPSA) is 55.6 Å². The number of methoxy groups -OCH3 is 1. The molecule has 1 amide bonds. The average Bonchev–Trinajstić information content (AvgIpc) is 2.46. The molecule has 4 heteroatoms. The number of carbonyl (C=O) groups excluding carboxylic acids is 1. The first-order chi connectivity index (χ1) is 9.96. The van der Waals surface area contributed by atoms with Crippen LogP contribution >= 0.6 is 0 Å². The summed E-state index contributed by atoms with van der Waals surface area (Å²) < 4.78 is 5.20. The highest BCUT2D eigenvalue weighted by molar-refractivity contribution is 5.76.